The Morgan fingerprint density at radius 3 is 1.47 bits per heavy atom. The Morgan fingerprint density at radius 2 is 1.12 bits per heavy atom. The molecule has 0 nitrogen and oxygen atoms in total. The quantitative estimate of drug-likeness (QED) is 0.610. The van der Waals surface area contributed by atoms with Crippen molar-refractivity contribution < 1.29 is 0 Å². The second-order valence-electron chi connectivity index (χ2n) is 5.69. The van der Waals surface area contributed by atoms with Crippen LogP contribution in [0.2, 0.25) is 0 Å². The maximum atomic E-state index is 2.44. The molecule has 0 amide bonds. The topological polar surface area (TPSA) is 0 Å². The maximum Gasteiger partial charge on any atom is 0.0107 e. The molecule has 0 atom stereocenters. The Balaban J connectivity index is 3.42. The van der Waals surface area contributed by atoms with Gasteiger partial charge in [-0.1, -0.05) is 47.6 Å². The minimum Gasteiger partial charge on any atom is -0.129 e. The molecule has 0 aliphatic heterocycles. The van der Waals surface area contributed by atoms with Crippen LogP contribution >= 0.6 is 11.8 Å². The van der Waals surface area contributed by atoms with Crippen LogP contribution in [0.4, 0.5) is 0 Å². The van der Waals surface area contributed by atoms with Crippen LogP contribution < -0.4 is 0 Å². The molecule has 0 aliphatic rings. The Morgan fingerprint density at radius 1 is 0.706 bits per heavy atom. The first-order valence-corrected chi connectivity index (χ1v) is 7.82. The summed E-state index contributed by atoms with van der Waals surface area (Å²) in [4.78, 5) is 1.45. The second kappa shape index (κ2) is 5.95. The van der Waals surface area contributed by atoms with Crippen molar-refractivity contribution in [3.8, 4) is 0 Å². The van der Waals surface area contributed by atoms with E-state index in [1.165, 1.54) is 21.6 Å². The van der Waals surface area contributed by atoms with Crippen LogP contribution in [0.5, 0.6) is 0 Å². The van der Waals surface area contributed by atoms with E-state index in [2.05, 4.69) is 59.9 Å². The zero-order chi connectivity index (χ0) is 13.2. The lowest BCUT2D eigenvalue weighted by molar-refractivity contribution is 0.766. The molecule has 0 N–H and O–H groups in total. The average molecular weight is 250 g/mol. The molecule has 1 aromatic rings. The molecule has 96 valence electrons. The highest BCUT2D eigenvalue weighted by Crippen LogP contribution is 2.35. The highest BCUT2D eigenvalue weighted by atomic mass is 32.2. The van der Waals surface area contributed by atoms with Gasteiger partial charge in [0.1, 0.15) is 0 Å². The van der Waals surface area contributed by atoms with Crippen LogP contribution in [-0.2, 0) is 0 Å². The molecule has 1 rings (SSSR count). The molecule has 1 heteroatoms. The number of hydrogen-bond donors (Lipinski definition) is 0. The first-order valence-electron chi connectivity index (χ1n) is 6.60. The SMILES string of the molecule is CSc1cc(C(C)C)c(C(C)C)cc1C(C)C. The van der Waals surface area contributed by atoms with E-state index in [9.17, 15) is 0 Å². The third-order valence-electron chi connectivity index (χ3n) is 3.30. The lowest BCUT2D eigenvalue weighted by atomic mass is 9.87. The fourth-order valence-corrected chi connectivity index (χ4v) is 3.03. The van der Waals surface area contributed by atoms with E-state index >= 15 is 0 Å². The van der Waals surface area contributed by atoms with Gasteiger partial charge in [0.25, 0.3) is 0 Å². The molecule has 0 spiro atoms. The molecule has 1 aromatic carbocycles. The molecule has 0 fully saturated rings. The molecule has 17 heavy (non-hydrogen) atoms. The molecule has 0 heterocycles. The molecule has 0 radical (unpaired) electrons. The van der Waals surface area contributed by atoms with E-state index in [4.69, 9.17) is 0 Å². The van der Waals surface area contributed by atoms with Crippen molar-refractivity contribution in [3.63, 3.8) is 0 Å². The number of benzene rings is 1. The van der Waals surface area contributed by atoms with Gasteiger partial charge in [-0.3, -0.25) is 0 Å². The van der Waals surface area contributed by atoms with Crippen LogP contribution in [0.3, 0.4) is 0 Å². The number of rotatable bonds is 4. The van der Waals surface area contributed by atoms with Gasteiger partial charge in [-0.15, -0.1) is 11.8 Å². The van der Waals surface area contributed by atoms with Gasteiger partial charge in [0.2, 0.25) is 0 Å². The van der Waals surface area contributed by atoms with E-state index in [1.807, 2.05) is 11.8 Å². The predicted octanol–water partition coefficient (Wildman–Crippen LogP) is 5.78. The van der Waals surface area contributed by atoms with Crippen LogP contribution in [-0.4, -0.2) is 6.26 Å². The van der Waals surface area contributed by atoms with Crippen LogP contribution in [0, 0.1) is 0 Å². The van der Waals surface area contributed by atoms with Gasteiger partial charge in [0, 0.05) is 4.90 Å². The van der Waals surface area contributed by atoms with E-state index in [0.29, 0.717) is 17.8 Å². The second-order valence-corrected chi connectivity index (χ2v) is 6.54. The van der Waals surface area contributed by atoms with Gasteiger partial charge in [0.15, 0.2) is 0 Å². The predicted molar refractivity (Wildman–Crippen MR) is 80.5 cm³/mol. The van der Waals surface area contributed by atoms with Gasteiger partial charge in [-0.05, 0) is 46.8 Å². The normalized spacial score (nSPS) is 11.9. The molecule has 0 saturated carbocycles. The van der Waals surface area contributed by atoms with E-state index in [0.717, 1.165) is 0 Å². The lowest BCUT2D eigenvalue weighted by Gasteiger charge is -2.21. The van der Waals surface area contributed by atoms with Gasteiger partial charge < -0.3 is 0 Å². The number of thioether (sulfide) groups is 1. The van der Waals surface area contributed by atoms with Gasteiger partial charge in [0.05, 0.1) is 0 Å². The molecule has 0 saturated heterocycles. The highest BCUT2D eigenvalue weighted by Gasteiger charge is 2.15. The summed E-state index contributed by atoms with van der Waals surface area (Å²) in [7, 11) is 0. The van der Waals surface area contributed by atoms with Crippen LogP contribution in [0.25, 0.3) is 0 Å². The van der Waals surface area contributed by atoms with Crippen molar-refractivity contribution in [2.75, 3.05) is 6.26 Å². The van der Waals surface area contributed by atoms with E-state index < -0.39 is 0 Å². The largest absolute Gasteiger partial charge is 0.129 e. The first-order chi connectivity index (χ1) is 7.88. The summed E-state index contributed by atoms with van der Waals surface area (Å²) >= 11 is 1.88. The third kappa shape index (κ3) is 3.28. The summed E-state index contributed by atoms with van der Waals surface area (Å²) in [5.41, 5.74) is 4.56. The van der Waals surface area contributed by atoms with E-state index in [-0.39, 0.29) is 0 Å². The number of hydrogen-bond acceptors (Lipinski definition) is 1. The molecule has 0 aliphatic carbocycles. The minimum absolute atomic E-state index is 0.608. The summed E-state index contributed by atoms with van der Waals surface area (Å²) in [6.07, 6.45) is 2.18. The van der Waals surface area contributed by atoms with Gasteiger partial charge in [-0.25, -0.2) is 0 Å². The molecular weight excluding hydrogens is 224 g/mol. The zero-order valence-corrected chi connectivity index (χ0v) is 13.1. The standard InChI is InChI=1S/C16H26S/c1-10(2)13-8-15(12(5)6)16(17-7)9-14(13)11(3)4/h8-12H,1-7H3. The Kier molecular flexibility index (Phi) is 5.12. The minimum atomic E-state index is 0.608. The average Bonchev–Trinajstić information content (AvgIpc) is 2.26. The lowest BCUT2D eigenvalue weighted by Crippen LogP contribution is -2.03. The summed E-state index contributed by atoms with van der Waals surface area (Å²) < 4.78 is 0. The molecular formula is C16H26S. The van der Waals surface area contributed by atoms with E-state index in [1.54, 1.807) is 0 Å². The Hall–Kier alpha value is -0.430. The van der Waals surface area contributed by atoms with Crippen molar-refractivity contribution in [1.29, 1.82) is 0 Å². The fourth-order valence-electron chi connectivity index (χ4n) is 2.26. The maximum absolute atomic E-state index is 2.44. The van der Waals surface area contributed by atoms with Crippen molar-refractivity contribution >= 4 is 11.8 Å². The summed E-state index contributed by atoms with van der Waals surface area (Å²) in [5.74, 6) is 1.83. The molecule has 0 unspecified atom stereocenters. The van der Waals surface area contributed by atoms with Crippen molar-refractivity contribution in [2.45, 2.75) is 64.2 Å². The first kappa shape index (κ1) is 14.6. The monoisotopic (exact) mass is 250 g/mol. The fraction of sp³-hybridized carbons (Fsp3) is 0.625. The molecule has 0 bridgehead atoms. The third-order valence-corrected chi connectivity index (χ3v) is 4.09. The van der Waals surface area contributed by atoms with Gasteiger partial charge >= 0.3 is 0 Å². The smallest absolute Gasteiger partial charge is 0.0107 e. The highest BCUT2D eigenvalue weighted by molar-refractivity contribution is 7.98. The summed E-state index contributed by atoms with van der Waals surface area (Å²) in [6, 6.07) is 4.86. The van der Waals surface area contributed by atoms with Crippen molar-refractivity contribution in [1.82, 2.24) is 0 Å². The van der Waals surface area contributed by atoms with Crippen molar-refractivity contribution in [3.05, 3.63) is 28.8 Å². The molecule has 0 aromatic heterocycles. The summed E-state index contributed by atoms with van der Waals surface area (Å²) in [5, 5.41) is 0. The van der Waals surface area contributed by atoms with Gasteiger partial charge in [-0.2, -0.15) is 0 Å². The zero-order valence-electron chi connectivity index (χ0n) is 12.3. The van der Waals surface area contributed by atoms with Crippen LogP contribution in [0.1, 0.15) is 76.0 Å². The Labute approximate surface area is 111 Å². The summed E-state index contributed by atoms with van der Waals surface area (Å²) in [6.45, 7) is 13.7. The van der Waals surface area contributed by atoms with Crippen LogP contribution in [0.15, 0.2) is 17.0 Å². The Bertz CT molecular complexity index is 375. The van der Waals surface area contributed by atoms with Crippen molar-refractivity contribution in [2.24, 2.45) is 0 Å².